The highest BCUT2D eigenvalue weighted by atomic mass is 35.5. The van der Waals surface area contributed by atoms with Crippen molar-refractivity contribution >= 4 is 40.3 Å². The van der Waals surface area contributed by atoms with Crippen LogP contribution in [0.15, 0.2) is 59.7 Å². The zero-order valence-electron chi connectivity index (χ0n) is 18.7. The number of hydrogen-bond donors (Lipinski definition) is 3. The molecule has 0 unspecified atom stereocenters. The number of aromatic nitrogens is 3. The van der Waals surface area contributed by atoms with Crippen LogP contribution in [-0.4, -0.2) is 33.4 Å². The van der Waals surface area contributed by atoms with Gasteiger partial charge in [0.1, 0.15) is 0 Å². The number of amides is 1. The fourth-order valence-corrected chi connectivity index (χ4v) is 3.70. The molecule has 4 aromatic rings. The molecule has 1 amide bonds. The fourth-order valence-electron chi connectivity index (χ4n) is 3.53. The molecule has 0 spiro atoms. The summed E-state index contributed by atoms with van der Waals surface area (Å²) in [5, 5.41) is 7.67. The van der Waals surface area contributed by atoms with Crippen molar-refractivity contribution in [1.82, 2.24) is 20.3 Å². The summed E-state index contributed by atoms with van der Waals surface area (Å²) in [6, 6.07) is 15.0. The fraction of sp³-hybridized carbons (Fsp3) is 0.200. The second-order valence-corrected chi connectivity index (χ2v) is 8.34. The summed E-state index contributed by atoms with van der Waals surface area (Å²) < 4.78 is 0. The summed E-state index contributed by atoms with van der Waals surface area (Å²) in [7, 11) is 0. The maximum Gasteiger partial charge on any atom is 0.257 e. The number of carbonyl (C=O) groups is 1. The first kappa shape index (κ1) is 22.5. The Balaban J connectivity index is 1.55. The Kier molecular flexibility index (Phi) is 6.70. The molecule has 0 atom stereocenters. The Hall–Kier alpha value is -3.71. The highest BCUT2D eigenvalue weighted by Crippen LogP contribution is 2.22. The van der Waals surface area contributed by atoms with Crippen LogP contribution in [0.1, 0.15) is 32.9 Å². The van der Waals surface area contributed by atoms with Gasteiger partial charge in [0.15, 0.2) is 0 Å². The minimum atomic E-state index is -0.260. The van der Waals surface area contributed by atoms with E-state index >= 15 is 0 Å². The van der Waals surface area contributed by atoms with Crippen LogP contribution in [-0.2, 0) is 6.42 Å². The molecule has 2 aromatic heterocycles. The first-order valence-electron chi connectivity index (χ1n) is 10.6. The molecule has 0 aliphatic heterocycles. The molecule has 3 N–H and O–H groups in total. The molecule has 8 heteroatoms. The minimum Gasteiger partial charge on any atom is -0.361 e. The second-order valence-electron chi connectivity index (χ2n) is 7.90. The minimum absolute atomic E-state index is 0.260. The van der Waals surface area contributed by atoms with E-state index in [0.29, 0.717) is 35.5 Å². The number of fused-ring (bicyclic) bond motifs is 1. The van der Waals surface area contributed by atoms with Gasteiger partial charge in [-0.2, -0.15) is 0 Å². The van der Waals surface area contributed by atoms with E-state index < -0.39 is 0 Å². The molecule has 0 radical (unpaired) electrons. The monoisotopic (exact) mass is 460 g/mol. The van der Waals surface area contributed by atoms with Gasteiger partial charge < -0.3 is 4.98 Å². The first-order chi connectivity index (χ1) is 15.9. The zero-order valence-corrected chi connectivity index (χ0v) is 19.5. The Morgan fingerprint density at radius 3 is 2.48 bits per heavy atom. The summed E-state index contributed by atoms with van der Waals surface area (Å²) in [6.45, 7) is 6.21. The largest absolute Gasteiger partial charge is 0.361 e. The first-order valence-corrected chi connectivity index (χ1v) is 11.0. The lowest BCUT2D eigenvalue weighted by Gasteiger charge is -2.12. The quantitative estimate of drug-likeness (QED) is 0.289. The van der Waals surface area contributed by atoms with Gasteiger partial charge in [0.05, 0.1) is 0 Å². The van der Waals surface area contributed by atoms with E-state index in [0.717, 1.165) is 33.4 Å². The van der Waals surface area contributed by atoms with Crippen LogP contribution in [0.3, 0.4) is 0 Å². The SMILES string of the molecule is Cc1ccc(C(=O)NC(=NCCc2c[nH]c3ccc(Cl)cc23)Nc2nc(C)cc(C)n2)cc1. The number of rotatable bonds is 5. The molecule has 2 aromatic carbocycles. The van der Waals surface area contributed by atoms with Crippen molar-refractivity contribution in [3.8, 4) is 0 Å². The zero-order chi connectivity index (χ0) is 23.4. The van der Waals surface area contributed by atoms with Crippen LogP contribution in [0, 0.1) is 20.8 Å². The molecule has 2 heterocycles. The summed E-state index contributed by atoms with van der Waals surface area (Å²) >= 11 is 6.16. The summed E-state index contributed by atoms with van der Waals surface area (Å²) in [6.07, 6.45) is 2.63. The number of hydrogen-bond acceptors (Lipinski definition) is 4. The van der Waals surface area contributed by atoms with Crippen LogP contribution in [0.5, 0.6) is 0 Å². The van der Waals surface area contributed by atoms with Gasteiger partial charge in [0.2, 0.25) is 11.9 Å². The van der Waals surface area contributed by atoms with Gasteiger partial charge in [0, 0.05) is 45.6 Å². The normalized spacial score (nSPS) is 11.6. The number of nitrogens with one attached hydrogen (secondary N) is 3. The van der Waals surface area contributed by atoms with Gasteiger partial charge >= 0.3 is 0 Å². The van der Waals surface area contributed by atoms with Crippen LogP contribution < -0.4 is 10.6 Å². The van der Waals surface area contributed by atoms with Crippen LogP contribution >= 0.6 is 11.6 Å². The summed E-state index contributed by atoms with van der Waals surface area (Å²) in [5.74, 6) is 0.419. The van der Waals surface area contributed by atoms with Crippen molar-refractivity contribution in [3.63, 3.8) is 0 Å². The standard InChI is InChI=1S/C25H25ClN6O/c1-15-4-6-18(7-5-15)23(33)31-24(32-25-29-16(2)12-17(3)30-25)27-11-10-19-14-28-22-9-8-20(26)13-21(19)22/h4-9,12-14,28H,10-11H2,1-3H3,(H2,27,29,30,31,32,33). The van der Waals surface area contributed by atoms with Crippen molar-refractivity contribution in [3.05, 3.63) is 87.8 Å². The van der Waals surface area contributed by atoms with E-state index in [-0.39, 0.29) is 5.91 Å². The Morgan fingerprint density at radius 2 is 1.76 bits per heavy atom. The number of carbonyl (C=O) groups excluding carboxylic acids is 1. The molecule has 168 valence electrons. The third-order valence-corrected chi connectivity index (χ3v) is 5.37. The van der Waals surface area contributed by atoms with E-state index in [2.05, 4.69) is 30.6 Å². The van der Waals surface area contributed by atoms with E-state index in [1.807, 2.05) is 63.4 Å². The van der Waals surface area contributed by atoms with Gasteiger partial charge in [-0.25, -0.2) is 9.97 Å². The van der Waals surface area contributed by atoms with E-state index in [4.69, 9.17) is 11.6 Å². The molecule has 0 fully saturated rings. The van der Waals surface area contributed by atoms with Gasteiger partial charge in [0.25, 0.3) is 5.91 Å². The second kappa shape index (κ2) is 9.83. The van der Waals surface area contributed by atoms with Crippen molar-refractivity contribution in [2.75, 3.05) is 11.9 Å². The van der Waals surface area contributed by atoms with E-state index in [1.54, 1.807) is 12.1 Å². The molecule has 0 saturated heterocycles. The Morgan fingerprint density at radius 1 is 1.03 bits per heavy atom. The number of aromatic amines is 1. The number of anilines is 1. The number of benzene rings is 2. The molecule has 7 nitrogen and oxygen atoms in total. The Labute approximate surface area is 197 Å². The van der Waals surface area contributed by atoms with Crippen LogP contribution in [0.25, 0.3) is 10.9 Å². The predicted octanol–water partition coefficient (Wildman–Crippen LogP) is 4.98. The average molecular weight is 461 g/mol. The highest BCUT2D eigenvalue weighted by molar-refractivity contribution is 6.31. The highest BCUT2D eigenvalue weighted by Gasteiger charge is 2.11. The topological polar surface area (TPSA) is 95.1 Å². The smallest absolute Gasteiger partial charge is 0.257 e. The lowest BCUT2D eigenvalue weighted by Crippen LogP contribution is -2.37. The molecule has 33 heavy (non-hydrogen) atoms. The third-order valence-electron chi connectivity index (χ3n) is 5.14. The summed E-state index contributed by atoms with van der Waals surface area (Å²) in [5.41, 5.74) is 5.40. The average Bonchev–Trinajstić information content (AvgIpc) is 3.15. The van der Waals surface area contributed by atoms with Crippen molar-refractivity contribution in [2.24, 2.45) is 4.99 Å². The molecule has 0 bridgehead atoms. The van der Waals surface area contributed by atoms with E-state index in [1.165, 1.54) is 0 Å². The van der Waals surface area contributed by atoms with Crippen LogP contribution in [0.4, 0.5) is 5.95 Å². The lowest BCUT2D eigenvalue weighted by atomic mass is 10.1. The van der Waals surface area contributed by atoms with E-state index in [9.17, 15) is 4.79 Å². The number of guanidine groups is 1. The molecule has 4 rings (SSSR count). The third kappa shape index (κ3) is 5.75. The molecular weight excluding hydrogens is 436 g/mol. The molecular formula is C25H25ClN6O. The van der Waals surface area contributed by atoms with Crippen LogP contribution in [0.2, 0.25) is 5.02 Å². The number of aryl methyl sites for hydroxylation is 3. The number of H-pyrrole nitrogens is 1. The maximum absolute atomic E-state index is 12.8. The van der Waals surface area contributed by atoms with Gasteiger partial charge in [-0.15, -0.1) is 0 Å². The maximum atomic E-state index is 12.8. The number of aliphatic imine (C=N–C) groups is 1. The van der Waals surface area contributed by atoms with Gasteiger partial charge in [-0.05, 0) is 69.2 Å². The molecule has 0 aliphatic rings. The van der Waals surface area contributed by atoms with Crippen molar-refractivity contribution in [2.45, 2.75) is 27.2 Å². The number of nitrogens with zero attached hydrogens (tertiary/aromatic N) is 3. The predicted molar refractivity (Wildman–Crippen MR) is 133 cm³/mol. The van der Waals surface area contributed by atoms with Crippen molar-refractivity contribution < 1.29 is 4.79 Å². The van der Waals surface area contributed by atoms with Gasteiger partial charge in [-0.1, -0.05) is 29.3 Å². The number of halogens is 1. The summed E-state index contributed by atoms with van der Waals surface area (Å²) in [4.78, 5) is 29.5. The Bertz CT molecular complexity index is 1310. The molecule has 0 aliphatic carbocycles. The van der Waals surface area contributed by atoms with Gasteiger partial charge in [-0.3, -0.25) is 20.4 Å². The molecule has 0 saturated carbocycles. The lowest BCUT2D eigenvalue weighted by molar-refractivity contribution is 0.0977. The van der Waals surface area contributed by atoms with Crippen molar-refractivity contribution in [1.29, 1.82) is 0 Å².